The Hall–Kier alpha value is -3.45. The van der Waals surface area contributed by atoms with Crippen molar-refractivity contribution in [2.24, 2.45) is 0 Å². The topological polar surface area (TPSA) is 68.3 Å². The summed E-state index contributed by atoms with van der Waals surface area (Å²) in [6.45, 7) is 1.58. The first kappa shape index (κ1) is 21.4. The molecule has 1 saturated heterocycles. The second-order valence-electron chi connectivity index (χ2n) is 8.19. The predicted molar refractivity (Wildman–Crippen MR) is 134 cm³/mol. The van der Waals surface area contributed by atoms with Gasteiger partial charge in [-0.3, -0.25) is 9.78 Å². The van der Waals surface area contributed by atoms with Crippen LogP contribution in [0.5, 0.6) is 0 Å². The van der Waals surface area contributed by atoms with Crippen molar-refractivity contribution >= 4 is 45.5 Å². The number of rotatable bonds is 4. The number of nitrogens with zero attached hydrogens (tertiary/aromatic N) is 3. The zero-order valence-electron chi connectivity index (χ0n) is 17.9. The molecule has 1 aromatic heterocycles. The summed E-state index contributed by atoms with van der Waals surface area (Å²) < 4.78 is -0.390. The van der Waals surface area contributed by atoms with Crippen molar-refractivity contribution in [2.75, 3.05) is 31.5 Å². The summed E-state index contributed by atoms with van der Waals surface area (Å²) in [5.74, 6) is -0.0511. The smallest absolute Gasteiger partial charge is 0.254 e. The Labute approximate surface area is 197 Å². The van der Waals surface area contributed by atoms with Gasteiger partial charge in [0, 0.05) is 33.5 Å². The number of carbonyl (C=O) groups is 1. The van der Waals surface area contributed by atoms with E-state index < -0.39 is 4.65 Å². The van der Waals surface area contributed by atoms with Crippen molar-refractivity contribution in [3.8, 4) is 0 Å². The van der Waals surface area contributed by atoms with Crippen LogP contribution in [-0.2, 0) is 0 Å². The van der Waals surface area contributed by atoms with Crippen LogP contribution in [0.25, 0.3) is 10.9 Å². The standard InChI is InChI=1S/C26H23ClN4O2/c27-20-8-11-23-24(12-13-28-25(23)18-20)29-21-9-6-19(7-10-21)26(32)30-14-16-31(33,17-15-30)22-4-2-1-3-5-22/h1-13,18H,14-17H2,(H,28,29). The Kier molecular flexibility index (Phi) is 5.72. The van der Waals surface area contributed by atoms with Gasteiger partial charge in [-0.25, -0.2) is 0 Å². The van der Waals surface area contributed by atoms with Crippen LogP contribution >= 0.6 is 11.6 Å². The van der Waals surface area contributed by atoms with Gasteiger partial charge in [0.1, 0.15) is 18.8 Å². The van der Waals surface area contributed by atoms with Crippen LogP contribution in [0.2, 0.25) is 5.02 Å². The molecule has 1 aliphatic heterocycles. The van der Waals surface area contributed by atoms with Crippen LogP contribution in [0, 0.1) is 5.21 Å². The van der Waals surface area contributed by atoms with E-state index in [9.17, 15) is 10.0 Å². The van der Waals surface area contributed by atoms with Gasteiger partial charge in [0.15, 0.2) is 0 Å². The Morgan fingerprint density at radius 1 is 0.970 bits per heavy atom. The molecule has 6 nitrogen and oxygen atoms in total. The molecule has 1 N–H and O–H groups in total. The summed E-state index contributed by atoms with van der Waals surface area (Å²) in [5.41, 5.74) is 3.94. The number of hydrogen-bond donors (Lipinski definition) is 1. The van der Waals surface area contributed by atoms with E-state index in [1.165, 1.54) is 0 Å². The number of nitrogens with one attached hydrogen (secondary N) is 1. The van der Waals surface area contributed by atoms with Crippen molar-refractivity contribution < 1.29 is 4.79 Å². The van der Waals surface area contributed by atoms with Gasteiger partial charge >= 0.3 is 0 Å². The number of hydrogen-bond acceptors (Lipinski definition) is 4. The number of piperazine rings is 1. The number of halogens is 1. The maximum Gasteiger partial charge on any atom is 0.254 e. The molecule has 0 atom stereocenters. The third kappa shape index (κ3) is 4.41. The molecule has 1 aliphatic rings. The predicted octanol–water partition coefficient (Wildman–Crippen LogP) is 5.59. The fraction of sp³-hybridized carbons (Fsp3) is 0.154. The minimum atomic E-state index is -0.390. The number of hydroxylamine groups is 2. The maximum absolute atomic E-state index is 13.1. The van der Waals surface area contributed by atoms with Gasteiger partial charge in [0.2, 0.25) is 0 Å². The van der Waals surface area contributed by atoms with E-state index in [1.54, 1.807) is 11.1 Å². The Bertz CT molecular complexity index is 1290. The summed E-state index contributed by atoms with van der Waals surface area (Å²) in [6, 6.07) is 24.3. The molecule has 3 aromatic carbocycles. The lowest BCUT2D eigenvalue weighted by Gasteiger charge is -2.47. The number of amides is 1. The van der Waals surface area contributed by atoms with Crippen LogP contribution in [-0.4, -0.2) is 42.0 Å². The van der Waals surface area contributed by atoms with E-state index in [4.69, 9.17) is 11.6 Å². The first-order valence-electron chi connectivity index (χ1n) is 10.9. The molecule has 0 unspecified atom stereocenters. The molecule has 4 aromatic rings. The highest BCUT2D eigenvalue weighted by Crippen LogP contribution is 2.28. The van der Waals surface area contributed by atoms with E-state index in [0.717, 1.165) is 28.0 Å². The third-order valence-corrected chi connectivity index (χ3v) is 6.33. The minimum absolute atomic E-state index is 0.0511. The van der Waals surface area contributed by atoms with Crippen LogP contribution in [0.3, 0.4) is 0 Å². The molecule has 7 heteroatoms. The van der Waals surface area contributed by atoms with E-state index in [1.807, 2.05) is 78.9 Å². The Morgan fingerprint density at radius 3 is 2.42 bits per heavy atom. The molecule has 166 valence electrons. The number of pyridine rings is 1. The fourth-order valence-corrected chi connectivity index (χ4v) is 4.38. The number of carbonyl (C=O) groups excluding carboxylic acids is 1. The monoisotopic (exact) mass is 458 g/mol. The molecule has 1 amide bonds. The average molecular weight is 459 g/mol. The van der Waals surface area contributed by atoms with Crippen molar-refractivity contribution in [1.82, 2.24) is 14.5 Å². The first-order valence-corrected chi connectivity index (χ1v) is 11.2. The molecular formula is C26H23ClN4O2. The summed E-state index contributed by atoms with van der Waals surface area (Å²) >= 11 is 6.07. The molecular weight excluding hydrogens is 436 g/mol. The second-order valence-corrected chi connectivity index (χ2v) is 8.62. The summed E-state index contributed by atoms with van der Waals surface area (Å²) in [5, 5.41) is 18.1. The van der Waals surface area contributed by atoms with Gasteiger partial charge in [0.25, 0.3) is 5.91 Å². The van der Waals surface area contributed by atoms with Gasteiger partial charge in [-0.15, -0.1) is 0 Å². The van der Waals surface area contributed by atoms with Crippen molar-refractivity contribution in [1.29, 1.82) is 0 Å². The van der Waals surface area contributed by atoms with Gasteiger partial charge in [-0.05, 0) is 60.7 Å². The minimum Gasteiger partial charge on any atom is -0.627 e. The summed E-state index contributed by atoms with van der Waals surface area (Å²) in [4.78, 5) is 19.1. The Morgan fingerprint density at radius 2 is 1.70 bits per heavy atom. The second kappa shape index (κ2) is 8.83. The van der Waals surface area contributed by atoms with E-state index in [2.05, 4.69) is 10.3 Å². The quantitative estimate of drug-likeness (QED) is 0.319. The van der Waals surface area contributed by atoms with Crippen LogP contribution in [0.15, 0.2) is 85.1 Å². The molecule has 5 rings (SSSR count). The zero-order chi connectivity index (χ0) is 22.8. The highest BCUT2D eigenvalue weighted by atomic mass is 35.5. The SMILES string of the molecule is O=C(c1ccc(Nc2ccnc3cc(Cl)ccc23)cc1)N1CC[N+]([O-])(c2ccccc2)CC1. The fourth-order valence-electron chi connectivity index (χ4n) is 4.21. The van der Waals surface area contributed by atoms with E-state index >= 15 is 0 Å². The van der Waals surface area contributed by atoms with Crippen molar-refractivity contribution in [2.45, 2.75) is 0 Å². The molecule has 0 aliphatic carbocycles. The molecule has 0 bridgehead atoms. The number of fused-ring (bicyclic) bond motifs is 1. The van der Waals surface area contributed by atoms with Gasteiger partial charge < -0.3 is 20.1 Å². The molecule has 33 heavy (non-hydrogen) atoms. The van der Waals surface area contributed by atoms with Crippen LogP contribution < -0.4 is 9.96 Å². The lowest BCUT2D eigenvalue weighted by molar-refractivity contribution is 0.0683. The highest BCUT2D eigenvalue weighted by Gasteiger charge is 2.30. The highest BCUT2D eigenvalue weighted by molar-refractivity contribution is 6.31. The maximum atomic E-state index is 13.1. The molecule has 0 saturated carbocycles. The van der Waals surface area contributed by atoms with Crippen molar-refractivity contribution in [3.05, 3.63) is 101 Å². The lowest BCUT2D eigenvalue weighted by Crippen LogP contribution is -2.58. The molecule has 2 heterocycles. The van der Waals surface area contributed by atoms with Crippen LogP contribution in [0.4, 0.5) is 17.1 Å². The lowest BCUT2D eigenvalue weighted by atomic mass is 10.1. The normalized spacial score (nSPS) is 15.4. The third-order valence-electron chi connectivity index (χ3n) is 6.09. The zero-order valence-corrected chi connectivity index (χ0v) is 18.7. The van der Waals surface area contributed by atoms with Gasteiger partial charge in [-0.2, -0.15) is 0 Å². The first-order chi connectivity index (χ1) is 16.0. The average Bonchev–Trinajstić information content (AvgIpc) is 2.85. The number of aromatic nitrogens is 1. The van der Waals surface area contributed by atoms with Crippen molar-refractivity contribution in [3.63, 3.8) is 0 Å². The van der Waals surface area contributed by atoms with E-state index in [-0.39, 0.29) is 5.91 Å². The molecule has 0 radical (unpaired) electrons. The number of benzene rings is 3. The van der Waals surface area contributed by atoms with E-state index in [0.29, 0.717) is 36.8 Å². The molecule has 0 spiro atoms. The number of quaternary nitrogens is 1. The number of para-hydroxylation sites is 1. The Balaban J connectivity index is 1.26. The van der Waals surface area contributed by atoms with Gasteiger partial charge in [-0.1, -0.05) is 29.8 Å². The summed E-state index contributed by atoms with van der Waals surface area (Å²) in [7, 11) is 0. The summed E-state index contributed by atoms with van der Waals surface area (Å²) in [6.07, 6.45) is 1.74. The molecule has 1 fully saturated rings. The largest absolute Gasteiger partial charge is 0.627 e. The van der Waals surface area contributed by atoms with Crippen LogP contribution in [0.1, 0.15) is 10.4 Å². The number of anilines is 2. The van der Waals surface area contributed by atoms with Gasteiger partial charge in [0.05, 0.1) is 18.6 Å².